The third-order valence-corrected chi connectivity index (χ3v) is 5.39. The van der Waals surface area contributed by atoms with Crippen molar-refractivity contribution in [3.63, 3.8) is 0 Å². The Morgan fingerprint density at radius 3 is 3.09 bits per heavy atom. The minimum absolute atomic E-state index is 0.0302. The van der Waals surface area contributed by atoms with Gasteiger partial charge < -0.3 is 4.90 Å². The summed E-state index contributed by atoms with van der Waals surface area (Å²) in [4.78, 5) is 23.0. The molecule has 0 saturated carbocycles. The second kappa shape index (κ2) is 5.96. The van der Waals surface area contributed by atoms with Crippen LogP contribution in [-0.2, 0) is 18.7 Å². The van der Waals surface area contributed by atoms with Crippen LogP contribution < -0.4 is 10.5 Å². The highest BCUT2D eigenvalue weighted by Crippen LogP contribution is 2.24. The quantitative estimate of drug-likeness (QED) is 0.845. The molecule has 6 nitrogen and oxygen atoms in total. The van der Waals surface area contributed by atoms with Gasteiger partial charge in [-0.1, -0.05) is 0 Å². The lowest BCUT2D eigenvalue weighted by molar-refractivity contribution is 0.331. The predicted molar refractivity (Wildman–Crippen MR) is 90.8 cm³/mol. The normalized spacial score (nSPS) is 17.7. The van der Waals surface area contributed by atoms with E-state index in [0.29, 0.717) is 12.5 Å². The van der Waals surface area contributed by atoms with Gasteiger partial charge in [0.1, 0.15) is 11.6 Å². The predicted octanol–water partition coefficient (Wildman–Crippen LogP) is 1.27. The first-order chi connectivity index (χ1) is 11.2. The van der Waals surface area contributed by atoms with Crippen LogP contribution >= 0.6 is 11.8 Å². The van der Waals surface area contributed by atoms with E-state index in [9.17, 15) is 4.79 Å². The van der Waals surface area contributed by atoms with E-state index in [1.807, 2.05) is 24.8 Å². The molecule has 0 N–H and O–H groups in total. The Labute approximate surface area is 138 Å². The molecule has 1 fully saturated rings. The summed E-state index contributed by atoms with van der Waals surface area (Å²) in [5.41, 5.74) is 2.25. The Balaban J connectivity index is 1.43. The van der Waals surface area contributed by atoms with E-state index in [1.165, 1.54) is 0 Å². The van der Waals surface area contributed by atoms with E-state index in [1.54, 1.807) is 16.9 Å². The highest BCUT2D eigenvalue weighted by Gasteiger charge is 2.29. The molecule has 120 valence electrons. The lowest BCUT2D eigenvalue weighted by Crippen LogP contribution is -2.50. The van der Waals surface area contributed by atoms with Crippen molar-refractivity contribution in [2.45, 2.75) is 25.6 Å². The molecule has 1 saturated heterocycles. The fraction of sp³-hybridized carbons (Fsp3) is 0.500. The molecule has 2 aromatic rings. The molecule has 0 atom stereocenters. The van der Waals surface area contributed by atoms with Gasteiger partial charge in [0.25, 0.3) is 5.56 Å². The zero-order valence-electron chi connectivity index (χ0n) is 13.1. The maximum Gasteiger partial charge on any atom is 0.267 e. The number of hydrogen-bond acceptors (Lipinski definition) is 6. The number of rotatable bonds is 3. The summed E-state index contributed by atoms with van der Waals surface area (Å²) in [5.74, 6) is 4.23. The van der Waals surface area contributed by atoms with Crippen molar-refractivity contribution < 1.29 is 0 Å². The van der Waals surface area contributed by atoms with E-state index in [0.717, 1.165) is 53.9 Å². The van der Waals surface area contributed by atoms with Crippen molar-refractivity contribution in [2.24, 2.45) is 5.92 Å². The third kappa shape index (κ3) is 2.97. The average molecular weight is 329 g/mol. The van der Waals surface area contributed by atoms with Crippen molar-refractivity contribution >= 4 is 17.6 Å². The molecule has 0 spiro atoms. The standard InChI is InChI=1S/C16H19N5OS/c1-11-17-4-2-15(18-11)20-7-12(8-20)9-21-16(22)6-13-10-23-5-3-14(13)19-21/h2,4,6,12H,3,5,7-10H2,1H3. The summed E-state index contributed by atoms with van der Waals surface area (Å²) in [6.45, 7) is 4.42. The fourth-order valence-electron chi connectivity index (χ4n) is 3.12. The molecule has 0 radical (unpaired) electrons. The molecule has 0 aromatic carbocycles. The van der Waals surface area contributed by atoms with Crippen LogP contribution in [0.3, 0.4) is 0 Å². The molecule has 4 heterocycles. The van der Waals surface area contributed by atoms with Gasteiger partial charge in [-0.25, -0.2) is 14.6 Å². The van der Waals surface area contributed by atoms with Gasteiger partial charge in [0.2, 0.25) is 0 Å². The second-order valence-corrected chi connectivity index (χ2v) is 7.28. The maximum atomic E-state index is 12.2. The van der Waals surface area contributed by atoms with Crippen LogP contribution in [0.5, 0.6) is 0 Å². The van der Waals surface area contributed by atoms with Crippen LogP contribution in [0.25, 0.3) is 0 Å². The Kier molecular flexibility index (Phi) is 3.80. The van der Waals surface area contributed by atoms with Gasteiger partial charge in [0.05, 0.1) is 12.2 Å². The summed E-state index contributed by atoms with van der Waals surface area (Å²) in [5, 5.41) is 4.59. The second-order valence-electron chi connectivity index (χ2n) is 6.17. The van der Waals surface area contributed by atoms with E-state index < -0.39 is 0 Å². The molecule has 2 aromatic heterocycles. The smallest absolute Gasteiger partial charge is 0.267 e. The largest absolute Gasteiger partial charge is 0.356 e. The highest BCUT2D eigenvalue weighted by atomic mass is 32.2. The topological polar surface area (TPSA) is 63.9 Å². The van der Waals surface area contributed by atoms with Gasteiger partial charge >= 0.3 is 0 Å². The lowest BCUT2D eigenvalue weighted by atomic mass is 10.0. The third-order valence-electron chi connectivity index (χ3n) is 4.38. The van der Waals surface area contributed by atoms with Crippen molar-refractivity contribution in [1.29, 1.82) is 0 Å². The van der Waals surface area contributed by atoms with Gasteiger partial charge in [-0.15, -0.1) is 0 Å². The molecule has 23 heavy (non-hydrogen) atoms. The number of aromatic nitrogens is 4. The van der Waals surface area contributed by atoms with Gasteiger partial charge in [-0.05, 0) is 24.3 Å². The molecule has 0 aliphatic carbocycles. The first-order valence-electron chi connectivity index (χ1n) is 7.91. The minimum Gasteiger partial charge on any atom is -0.356 e. The van der Waals surface area contributed by atoms with E-state index in [4.69, 9.17) is 0 Å². The molecule has 4 rings (SSSR count). The fourth-order valence-corrected chi connectivity index (χ4v) is 4.07. The van der Waals surface area contributed by atoms with Gasteiger partial charge in [-0.2, -0.15) is 16.9 Å². The van der Waals surface area contributed by atoms with Crippen molar-refractivity contribution in [1.82, 2.24) is 19.7 Å². The molecular weight excluding hydrogens is 310 g/mol. The van der Waals surface area contributed by atoms with E-state index in [-0.39, 0.29) is 5.56 Å². The summed E-state index contributed by atoms with van der Waals surface area (Å²) in [6.07, 6.45) is 2.76. The van der Waals surface area contributed by atoms with Crippen LogP contribution in [0.15, 0.2) is 23.1 Å². The number of fused-ring (bicyclic) bond motifs is 1. The maximum absolute atomic E-state index is 12.2. The van der Waals surface area contributed by atoms with Crippen molar-refractivity contribution in [2.75, 3.05) is 23.7 Å². The molecule has 0 unspecified atom stereocenters. The molecule has 2 aliphatic heterocycles. The first kappa shape index (κ1) is 14.7. The summed E-state index contributed by atoms with van der Waals surface area (Å²) in [6, 6.07) is 3.71. The van der Waals surface area contributed by atoms with E-state index in [2.05, 4.69) is 20.0 Å². The van der Waals surface area contributed by atoms with Gasteiger partial charge in [-0.3, -0.25) is 4.79 Å². The number of hydrogen-bond donors (Lipinski definition) is 0. The lowest BCUT2D eigenvalue weighted by Gasteiger charge is -2.40. The Bertz CT molecular complexity index is 784. The monoisotopic (exact) mass is 329 g/mol. The zero-order chi connectivity index (χ0) is 15.8. The Morgan fingerprint density at radius 1 is 1.39 bits per heavy atom. The summed E-state index contributed by atoms with van der Waals surface area (Å²) >= 11 is 1.87. The SMILES string of the molecule is Cc1nccc(N2CC(Cn3nc4c(cc3=O)CSCC4)C2)n1. The first-order valence-corrected chi connectivity index (χ1v) is 9.07. The Hall–Kier alpha value is -1.89. The number of anilines is 1. The number of nitrogens with zero attached hydrogens (tertiary/aromatic N) is 5. The van der Waals surface area contributed by atoms with Crippen LogP contribution in [0.1, 0.15) is 17.1 Å². The van der Waals surface area contributed by atoms with Crippen LogP contribution in [0.4, 0.5) is 5.82 Å². The van der Waals surface area contributed by atoms with E-state index >= 15 is 0 Å². The molecule has 2 aliphatic rings. The van der Waals surface area contributed by atoms with Gasteiger partial charge in [0.15, 0.2) is 0 Å². The van der Waals surface area contributed by atoms with Gasteiger partial charge in [0, 0.05) is 43.4 Å². The number of thioether (sulfide) groups is 1. The number of aryl methyl sites for hydroxylation is 2. The zero-order valence-corrected chi connectivity index (χ0v) is 13.9. The van der Waals surface area contributed by atoms with Crippen molar-refractivity contribution in [3.8, 4) is 0 Å². The average Bonchev–Trinajstić information content (AvgIpc) is 2.50. The van der Waals surface area contributed by atoms with Crippen LogP contribution in [-0.4, -0.2) is 38.6 Å². The summed E-state index contributed by atoms with van der Waals surface area (Å²) < 4.78 is 1.65. The summed E-state index contributed by atoms with van der Waals surface area (Å²) in [7, 11) is 0. The van der Waals surface area contributed by atoms with Crippen LogP contribution in [0, 0.1) is 12.8 Å². The Morgan fingerprint density at radius 2 is 2.26 bits per heavy atom. The molecule has 0 bridgehead atoms. The molecular formula is C16H19N5OS. The molecule has 7 heteroatoms. The molecule has 0 amide bonds. The highest BCUT2D eigenvalue weighted by molar-refractivity contribution is 7.98. The minimum atomic E-state index is 0.0302. The van der Waals surface area contributed by atoms with Crippen molar-refractivity contribution in [3.05, 3.63) is 45.8 Å². The van der Waals surface area contributed by atoms with Crippen LogP contribution in [0.2, 0.25) is 0 Å².